The van der Waals surface area contributed by atoms with Crippen molar-refractivity contribution in [3.63, 3.8) is 0 Å². The molecule has 1 aromatic rings. The van der Waals surface area contributed by atoms with Crippen LogP contribution in [-0.2, 0) is 4.79 Å². The van der Waals surface area contributed by atoms with Gasteiger partial charge in [0.15, 0.2) is 0 Å². The Labute approximate surface area is 105 Å². The molecule has 0 unspecified atom stereocenters. The Morgan fingerprint density at radius 3 is 2.72 bits per heavy atom. The molecule has 0 aromatic heterocycles. The van der Waals surface area contributed by atoms with E-state index in [0.29, 0.717) is 11.3 Å². The lowest BCUT2D eigenvalue weighted by Gasteiger charge is -2.21. The lowest BCUT2D eigenvalue weighted by Crippen LogP contribution is -2.36. The van der Waals surface area contributed by atoms with E-state index in [0.717, 1.165) is 18.7 Å². The predicted octanol–water partition coefficient (Wildman–Crippen LogP) is 1.69. The van der Waals surface area contributed by atoms with Gasteiger partial charge in [0.25, 0.3) is 5.91 Å². The van der Waals surface area contributed by atoms with Crippen LogP contribution in [0, 0.1) is 5.82 Å². The Bertz CT molecular complexity index is 506. The monoisotopic (exact) mass is 250 g/mol. The van der Waals surface area contributed by atoms with Crippen LogP contribution in [0.4, 0.5) is 10.1 Å². The van der Waals surface area contributed by atoms with Gasteiger partial charge in [-0.05, 0) is 24.6 Å². The van der Waals surface area contributed by atoms with E-state index in [4.69, 9.17) is 4.74 Å². The third-order valence-corrected chi connectivity index (χ3v) is 2.97. The summed E-state index contributed by atoms with van der Waals surface area (Å²) in [6.07, 6.45) is 0. The highest BCUT2D eigenvalue weighted by Gasteiger charge is 2.17. The van der Waals surface area contributed by atoms with Gasteiger partial charge in [-0.3, -0.25) is 4.79 Å². The number of amides is 1. The van der Waals surface area contributed by atoms with E-state index in [1.807, 2.05) is 0 Å². The van der Waals surface area contributed by atoms with Crippen LogP contribution in [-0.4, -0.2) is 26.1 Å². The summed E-state index contributed by atoms with van der Waals surface area (Å²) < 4.78 is 18.5. The SMILES string of the molecule is COc1ccc(F)c(NC(=O)C(C)=C2CNC2)c1. The van der Waals surface area contributed by atoms with E-state index in [1.54, 1.807) is 6.92 Å². The highest BCUT2D eigenvalue weighted by Crippen LogP contribution is 2.22. The fraction of sp³-hybridized carbons (Fsp3) is 0.308. The normalized spacial score (nSPS) is 13.8. The molecule has 0 radical (unpaired) electrons. The number of benzene rings is 1. The molecule has 1 amide bonds. The summed E-state index contributed by atoms with van der Waals surface area (Å²) in [4.78, 5) is 11.9. The molecule has 0 aliphatic carbocycles. The molecule has 1 fully saturated rings. The van der Waals surface area contributed by atoms with Gasteiger partial charge >= 0.3 is 0 Å². The predicted molar refractivity (Wildman–Crippen MR) is 67.2 cm³/mol. The van der Waals surface area contributed by atoms with E-state index in [1.165, 1.54) is 25.3 Å². The maximum atomic E-state index is 13.5. The number of rotatable bonds is 3. The Morgan fingerprint density at radius 2 is 2.17 bits per heavy atom. The van der Waals surface area contributed by atoms with E-state index < -0.39 is 5.82 Å². The van der Waals surface area contributed by atoms with Crippen molar-refractivity contribution in [1.82, 2.24) is 5.32 Å². The molecule has 1 aliphatic rings. The fourth-order valence-corrected chi connectivity index (χ4v) is 1.62. The van der Waals surface area contributed by atoms with Gasteiger partial charge in [0.05, 0.1) is 12.8 Å². The van der Waals surface area contributed by atoms with Crippen molar-refractivity contribution in [1.29, 1.82) is 0 Å². The molecular weight excluding hydrogens is 235 g/mol. The van der Waals surface area contributed by atoms with E-state index in [-0.39, 0.29) is 11.6 Å². The third-order valence-electron chi connectivity index (χ3n) is 2.97. The van der Waals surface area contributed by atoms with E-state index in [9.17, 15) is 9.18 Å². The Balaban J connectivity index is 2.16. The van der Waals surface area contributed by atoms with Crippen molar-refractivity contribution >= 4 is 11.6 Å². The summed E-state index contributed by atoms with van der Waals surface area (Å²) in [7, 11) is 1.49. The standard InChI is InChI=1S/C13H15FN2O2/c1-8(9-6-15-7-9)13(17)16-12-5-10(18-2)3-4-11(12)14/h3-5,15H,6-7H2,1-2H3,(H,16,17). The molecule has 0 saturated carbocycles. The van der Waals surface area contributed by atoms with Gasteiger partial charge in [-0.25, -0.2) is 4.39 Å². The first kappa shape index (κ1) is 12.6. The minimum atomic E-state index is -0.478. The molecule has 1 aromatic carbocycles. The zero-order chi connectivity index (χ0) is 13.1. The van der Waals surface area contributed by atoms with E-state index >= 15 is 0 Å². The summed E-state index contributed by atoms with van der Waals surface area (Å²) in [5.74, 6) is -0.255. The molecule has 18 heavy (non-hydrogen) atoms. The Hall–Kier alpha value is -1.88. The maximum absolute atomic E-state index is 13.5. The van der Waals surface area contributed by atoms with Crippen molar-refractivity contribution in [3.05, 3.63) is 35.2 Å². The summed E-state index contributed by atoms with van der Waals surface area (Å²) >= 11 is 0. The summed E-state index contributed by atoms with van der Waals surface area (Å²) in [6.45, 7) is 3.18. The topological polar surface area (TPSA) is 50.4 Å². The highest BCUT2D eigenvalue weighted by atomic mass is 19.1. The quantitative estimate of drug-likeness (QED) is 0.803. The van der Waals surface area contributed by atoms with Crippen molar-refractivity contribution in [3.8, 4) is 5.75 Å². The number of carbonyl (C=O) groups is 1. The summed E-state index contributed by atoms with van der Waals surface area (Å²) in [6, 6.07) is 4.23. The van der Waals surface area contributed by atoms with Gasteiger partial charge in [-0.15, -0.1) is 0 Å². The zero-order valence-corrected chi connectivity index (χ0v) is 10.3. The zero-order valence-electron chi connectivity index (χ0n) is 10.3. The van der Waals surface area contributed by atoms with Crippen molar-refractivity contribution < 1.29 is 13.9 Å². The van der Waals surface area contributed by atoms with Gasteiger partial charge in [0, 0.05) is 24.7 Å². The number of hydrogen-bond donors (Lipinski definition) is 2. The van der Waals surface area contributed by atoms with Gasteiger partial charge in [0.2, 0.25) is 0 Å². The first-order chi connectivity index (χ1) is 8.61. The molecule has 0 spiro atoms. The van der Waals surface area contributed by atoms with Crippen molar-refractivity contribution in [2.24, 2.45) is 0 Å². The minimum absolute atomic E-state index is 0.131. The Kier molecular flexibility index (Phi) is 3.62. The molecule has 1 saturated heterocycles. The van der Waals surface area contributed by atoms with Crippen LogP contribution in [0.3, 0.4) is 0 Å². The summed E-state index contributed by atoms with van der Waals surface area (Å²) in [5, 5.41) is 5.61. The second-order valence-corrected chi connectivity index (χ2v) is 4.13. The number of anilines is 1. The summed E-state index contributed by atoms with van der Waals surface area (Å²) in [5.41, 5.74) is 1.82. The molecule has 4 nitrogen and oxygen atoms in total. The third kappa shape index (κ3) is 2.51. The molecule has 2 N–H and O–H groups in total. The van der Waals surface area contributed by atoms with Gasteiger partial charge < -0.3 is 15.4 Å². The lowest BCUT2D eigenvalue weighted by molar-refractivity contribution is -0.112. The highest BCUT2D eigenvalue weighted by molar-refractivity contribution is 6.04. The largest absolute Gasteiger partial charge is 0.497 e. The first-order valence-electron chi connectivity index (χ1n) is 5.66. The average Bonchev–Trinajstić information content (AvgIpc) is 2.29. The molecule has 1 aliphatic heterocycles. The number of halogens is 1. The first-order valence-corrected chi connectivity index (χ1v) is 5.66. The van der Waals surface area contributed by atoms with Crippen LogP contribution < -0.4 is 15.4 Å². The van der Waals surface area contributed by atoms with Gasteiger partial charge in [-0.2, -0.15) is 0 Å². The number of hydrogen-bond acceptors (Lipinski definition) is 3. The van der Waals surface area contributed by atoms with Crippen LogP contribution in [0.1, 0.15) is 6.92 Å². The van der Waals surface area contributed by atoms with Gasteiger partial charge in [-0.1, -0.05) is 0 Å². The van der Waals surface area contributed by atoms with Crippen LogP contribution in [0.15, 0.2) is 29.3 Å². The molecule has 0 bridgehead atoms. The number of nitrogens with one attached hydrogen (secondary N) is 2. The van der Waals surface area contributed by atoms with Crippen LogP contribution in [0.5, 0.6) is 5.75 Å². The maximum Gasteiger partial charge on any atom is 0.251 e. The van der Waals surface area contributed by atoms with Gasteiger partial charge in [0.1, 0.15) is 11.6 Å². The molecule has 5 heteroatoms. The fourth-order valence-electron chi connectivity index (χ4n) is 1.62. The van der Waals surface area contributed by atoms with Crippen LogP contribution in [0.2, 0.25) is 0 Å². The molecular formula is C13H15FN2O2. The lowest BCUT2D eigenvalue weighted by atomic mass is 10.0. The smallest absolute Gasteiger partial charge is 0.251 e. The average molecular weight is 250 g/mol. The molecule has 1 heterocycles. The number of carbonyl (C=O) groups excluding carboxylic acids is 1. The van der Waals surface area contributed by atoms with Crippen molar-refractivity contribution in [2.75, 3.05) is 25.5 Å². The molecule has 2 rings (SSSR count). The number of methoxy groups -OCH3 is 1. The van der Waals surface area contributed by atoms with Crippen molar-refractivity contribution in [2.45, 2.75) is 6.92 Å². The van der Waals surface area contributed by atoms with Crippen LogP contribution >= 0.6 is 0 Å². The second kappa shape index (κ2) is 5.18. The minimum Gasteiger partial charge on any atom is -0.497 e. The van der Waals surface area contributed by atoms with Crippen LogP contribution in [0.25, 0.3) is 0 Å². The Morgan fingerprint density at radius 1 is 1.44 bits per heavy atom. The molecule has 0 atom stereocenters. The van der Waals surface area contributed by atoms with E-state index in [2.05, 4.69) is 10.6 Å². The number of ether oxygens (including phenoxy) is 1. The molecule has 96 valence electrons. The second-order valence-electron chi connectivity index (χ2n) is 4.13.